The van der Waals surface area contributed by atoms with Crippen LogP contribution >= 0.6 is 24.4 Å². The zero-order chi connectivity index (χ0) is 19.1. The lowest BCUT2D eigenvalue weighted by Crippen LogP contribution is -2.32. The first-order valence-electron chi connectivity index (χ1n) is 11.1. The fourth-order valence-electron chi connectivity index (χ4n) is 3.70. The van der Waals surface area contributed by atoms with E-state index in [0.717, 1.165) is 12.8 Å². The van der Waals surface area contributed by atoms with Gasteiger partial charge in [0.1, 0.15) is 5.60 Å². The molecule has 152 valence electrons. The second-order valence-corrected chi connectivity index (χ2v) is 8.85. The van der Waals surface area contributed by atoms with Crippen molar-refractivity contribution in [3.8, 4) is 0 Å². The van der Waals surface area contributed by atoms with Crippen molar-refractivity contribution in [2.75, 3.05) is 0 Å². The van der Waals surface area contributed by atoms with E-state index in [4.69, 9.17) is 29.2 Å². The topological polar surface area (TPSA) is 29.5 Å². The van der Waals surface area contributed by atoms with Gasteiger partial charge in [-0.1, -0.05) is 110 Å². The van der Waals surface area contributed by atoms with Crippen molar-refractivity contribution in [1.29, 1.82) is 0 Å². The Hall–Kier alpha value is -0.0600. The fourth-order valence-corrected chi connectivity index (χ4v) is 4.35. The molecule has 0 spiro atoms. The van der Waals surface area contributed by atoms with Crippen LogP contribution < -0.4 is 0 Å². The van der Waals surface area contributed by atoms with Crippen LogP contribution in [0.1, 0.15) is 122 Å². The second kappa shape index (κ2) is 14.9. The van der Waals surface area contributed by atoms with Gasteiger partial charge in [-0.25, -0.2) is 0 Å². The molecule has 26 heavy (non-hydrogen) atoms. The highest BCUT2D eigenvalue weighted by molar-refractivity contribution is 7.81. The van der Waals surface area contributed by atoms with E-state index in [2.05, 4.69) is 6.92 Å². The third-order valence-electron chi connectivity index (χ3n) is 5.47. The van der Waals surface area contributed by atoms with Crippen molar-refractivity contribution in [3.05, 3.63) is 0 Å². The van der Waals surface area contributed by atoms with E-state index in [1.54, 1.807) is 0 Å². The number of unbranched alkanes of at least 4 members (excludes halogenated alkanes) is 15. The Morgan fingerprint density at radius 1 is 0.731 bits per heavy atom. The maximum absolute atomic E-state index is 10.4. The van der Waals surface area contributed by atoms with Crippen molar-refractivity contribution >= 4 is 34.5 Å². The molecule has 0 aromatic carbocycles. The molecule has 0 amide bonds. The van der Waals surface area contributed by atoms with Gasteiger partial charge in [0.05, 0.1) is 6.42 Å². The molecule has 0 aromatic rings. The van der Waals surface area contributed by atoms with Crippen LogP contribution in [0.2, 0.25) is 0 Å². The average molecular weight is 401 g/mol. The maximum atomic E-state index is 10.4. The van der Waals surface area contributed by atoms with Crippen LogP contribution in [0.4, 0.5) is 0 Å². The predicted octanol–water partition coefficient (Wildman–Crippen LogP) is 7.44. The molecule has 1 atom stereocenters. The van der Waals surface area contributed by atoms with Gasteiger partial charge in [-0.2, -0.15) is 0 Å². The normalized spacial score (nSPS) is 19.9. The van der Waals surface area contributed by atoms with E-state index in [-0.39, 0.29) is 5.05 Å². The highest BCUT2D eigenvalue weighted by Crippen LogP contribution is 2.29. The molecule has 1 unspecified atom stereocenters. The van der Waals surface area contributed by atoms with Crippen LogP contribution in [0.3, 0.4) is 0 Å². The van der Waals surface area contributed by atoms with Gasteiger partial charge in [0.15, 0.2) is 10.1 Å². The summed E-state index contributed by atoms with van der Waals surface area (Å²) in [6.45, 7) is 2.28. The highest BCUT2D eigenvalue weighted by Gasteiger charge is 2.41. The summed E-state index contributed by atoms with van der Waals surface area (Å²) in [6.07, 6.45) is 22.8. The first kappa shape index (κ1) is 24.0. The molecule has 4 heteroatoms. The molecule has 1 heterocycles. The van der Waals surface area contributed by atoms with Crippen molar-refractivity contribution in [2.45, 2.75) is 128 Å². The molecule has 1 aliphatic rings. The molecular formula is C22H40O2S2. The van der Waals surface area contributed by atoms with Crippen LogP contribution in [-0.4, -0.2) is 20.8 Å². The monoisotopic (exact) mass is 400 g/mol. The summed E-state index contributed by atoms with van der Waals surface area (Å²) in [5.74, 6) is 0. The highest BCUT2D eigenvalue weighted by atomic mass is 32.1. The van der Waals surface area contributed by atoms with E-state index >= 15 is 0 Å². The number of rotatable bonds is 17. The zero-order valence-electron chi connectivity index (χ0n) is 16.9. The van der Waals surface area contributed by atoms with E-state index in [0.29, 0.717) is 17.9 Å². The maximum Gasteiger partial charge on any atom is 0.200 e. The van der Waals surface area contributed by atoms with Crippen LogP contribution in [0.25, 0.3) is 0 Å². The summed E-state index contributed by atoms with van der Waals surface area (Å²) in [5.41, 5.74) is -0.970. The Labute approximate surface area is 172 Å². The summed E-state index contributed by atoms with van der Waals surface area (Å²) in [6, 6.07) is 0. The molecule has 1 fully saturated rings. The Morgan fingerprint density at radius 2 is 1.12 bits per heavy atom. The Balaban J connectivity index is 1.79. The first-order chi connectivity index (χ1) is 12.6. The van der Waals surface area contributed by atoms with Crippen molar-refractivity contribution in [3.63, 3.8) is 0 Å². The molecule has 0 radical (unpaired) electrons. The van der Waals surface area contributed by atoms with E-state index < -0.39 is 5.60 Å². The lowest BCUT2D eigenvalue weighted by Gasteiger charge is -2.18. The average Bonchev–Trinajstić information content (AvgIpc) is 2.86. The molecular weight excluding hydrogens is 360 g/mol. The number of ether oxygens (including phenoxy) is 1. The van der Waals surface area contributed by atoms with Gasteiger partial charge >= 0.3 is 0 Å². The van der Waals surface area contributed by atoms with Crippen LogP contribution in [0.15, 0.2) is 0 Å². The molecule has 1 N–H and O–H groups in total. The number of hydrogen-bond donors (Lipinski definition) is 1. The fraction of sp³-hybridized carbons (Fsp3) is 0.909. The standard InChI is InChI=1S/C22H40O2S2/c1-2-3-4-5-6-7-8-9-10-11-12-13-14-15-16-17-18-22(23)19-20(25)24-21(22)26/h23H,2-19H2,1H3. The van der Waals surface area contributed by atoms with E-state index in [9.17, 15) is 5.11 Å². The predicted molar refractivity (Wildman–Crippen MR) is 120 cm³/mol. The van der Waals surface area contributed by atoms with Gasteiger partial charge < -0.3 is 9.84 Å². The number of hydrogen-bond acceptors (Lipinski definition) is 4. The summed E-state index contributed by atoms with van der Waals surface area (Å²) < 4.78 is 5.17. The van der Waals surface area contributed by atoms with Crippen molar-refractivity contribution in [2.24, 2.45) is 0 Å². The van der Waals surface area contributed by atoms with Gasteiger partial charge in [0.25, 0.3) is 0 Å². The second-order valence-electron chi connectivity index (χ2n) is 8.02. The quantitative estimate of drug-likeness (QED) is 0.203. The molecule has 2 nitrogen and oxygen atoms in total. The molecule has 1 saturated heterocycles. The Bertz CT molecular complexity index is 398. The van der Waals surface area contributed by atoms with Crippen LogP contribution in [-0.2, 0) is 4.74 Å². The molecule has 0 aliphatic carbocycles. The minimum Gasteiger partial charge on any atom is -0.440 e. The van der Waals surface area contributed by atoms with Crippen molar-refractivity contribution in [1.82, 2.24) is 0 Å². The SMILES string of the molecule is CCCCCCCCCCCCCCCCCCC1(O)CC(=S)OC1=S. The zero-order valence-corrected chi connectivity index (χ0v) is 18.5. The third-order valence-corrected chi connectivity index (χ3v) is 6.16. The molecule has 0 bridgehead atoms. The van der Waals surface area contributed by atoms with E-state index in [1.807, 2.05) is 0 Å². The summed E-state index contributed by atoms with van der Waals surface area (Å²) in [5, 5.41) is 11.1. The number of thiocarbonyl (C=S) groups is 2. The lowest BCUT2D eigenvalue weighted by atomic mass is 9.95. The van der Waals surface area contributed by atoms with Crippen LogP contribution in [0.5, 0.6) is 0 Å². The molecule has 1 rings (SSSR count). The van der Waals surface area contributed by atoms with E-state index in [1.165, 1.54) is 89.9 Å². The Morgan fingerprint density at radius 3 is 1.46 bits per heavy atom. The lowest BCUT2D eigenvalue weighted by molar-refractivity contribution is 0.109. The van der Waals surface area contributed by atoms with Gasteiger partial charge in [0.2, 0.25) is 0 Å². The largest absolute Gasteiger partial charge is 0.440 e. The summed E-state index contributed by atoms with van der Waals surface area (Å²) in [4.78, 5) is 0. The third kappa shape index (κ3) is 10.9. The smallest absolute Gasteiger partial charge is 0.200 e. The molecule has 0 aromatic heterocycles. The van der Waals surface area contributed by atoms with Gasteiger partial charge in [-0.05, 0) is 30.9 Å². The minimum absolute atomic E-state index is 0.281. The van der Waals surface area contributed by atoms with Gasteiger partial charge in [-0.3, -0.25) is 0 Å². The number of aliphatic hydroxyl groups is 1. The first-order valence-corrected chi connectivity index (χ1v) is 11.9. The molecule has 0 saturated carbocycles. The minimum atomic E-state index is -0.970. The summed E-state index contributed by atoms with van der Waals surface area (Å²) >= 11 is 10.1. The van der Waals surface area contributed by atoms with Gasteiger partial charge in [0, 0.05) is 0 Å². The Kier molecular flexibility index (Phi) is 13.8. The van der Waals surface area contributed by atoms with Crippen molar-refractivity contribution < 1.29 is 9.84 Å². The van der Waals surface area contributed by atoms with Crippen LogP contribution in [0, 0.1) is 0 Å². The molecule has 1 aliphatic heterocycles. The van der Waals surface area contributed by atoms with Gasteiger partial charge in [-0.15, -0.1) is 0 Å². The summed E-state index contributed by atoms with van der Waals surface area (Å²) in [7, 11) is 0.